The van der Waals surface area contributed by atoms with Gasteiger partial charge in [0.1, 0.15) is 10.6 Å². The van der Waals surface area contributed by atoms with Crippen LogP contribution in [-0.2, 0) is 4.87 Å². The van der Waals surface area contributed by atoms with Crippen LogP contribution in [0.25, 0.3) is 5.57 Å². The molecule has 1 aliphatic carbocycles. The second kappa shape index (κ2) is 5.42. The van der Waals surface area contributed by atoms with Gasteiger partial charge in [-0.25, -0.2) is 4.79 Å². The summed E-state index contributed by atoms with van der Waals surface area (Å²) in [5.74, 6) is -1.15. The van der Waals surface area contributed by atoms with Gasteiger partial charge in [0, 0.05) is 0 Å². The monoisotopic (exact) mass is 315 g/mol. The second-order valence-electron chi connectivity index (χ2n) is 5.26. The molecule has 1 aliphatic rings. The van der Waals surface area contributed by atoms with E-state index in [-0.39, 0.29) is 11.4 Å². The van der Waals surface area contributed by atoms with E-state index in [1.165, 1.54) is 0 Å². The summed E-state index contributed by atoms with van der Waals surface area (Å²) in [5, 5.41) is 19.1. The van der Waals surface area contributed by atoms with E-state index in [1.54, 1.807) is 6.08 Å². The molecule has 6 heteroatoms. The Kier molecular flexibility index (Phi) is 3.58. The molecule has 0 radical (unpaired) electrons. The largest absolute Gasteiger partial charge is 0.476 e. The number of H-pyrrole nitrogens is 1. The highest BCUT2D eigenvalue weighted by molar-refractivity contribution is 6.26. The molecule has 1 atom stereocenters. The summed E-state index contributed by atoms with van der Waals surface area (Å²) in [6, 6.07) is 9.98. The van der Waals surface area contributed by atoms with Crippen molar-refractivity contribution in [2.45, 2.75) is 18.2 Å². The van der Waals surface area contributed by atoms with Crippen LogP contribution in [0.15, 0.2) is 48.1 Å². The smallest absolute Gasteiger partial charge is 0.358 e. The Morgan fingerprint density at radius 2 is 2.05 bits per heavy atom. The number of rotatable bonds is 3. The maximum absolute atomic E-state index is 11.2. The number of aromatic amines is 1. The van der Waals surface area contributed by atoms with E-state index in [4.69, 9.17) is 11.6 Å². The zero-order valence-corrected chi connectivity index (χ0v) is 12.6. The van der Waals surface area contributed by atoms with Gasteiger partial charge < -0.3 is 5.11 Å². The van der Waals surface area contributed by atoms with Crippen molar-refractivity contribution < 1.29 is 9.90 Å². The SMILES string of the molecule is CC1=C(c2ccccc2)C=CC(Cl)(c2n[nH]nc2C(=O)O)C1. The Morgan fingerprint density at radius 3 is 2.68 bits per heavy atom. The molecule has 5 nitrogen and oxygen atoms in total. The lowest BCUT2D eigenvalue weighted by atomic mass is 9.84. The van der Waals surface area contributed by atoms with Crippen molar-refractivity contribution in [2.75, 3.05) is 0 Å². The summed E-state index contributed by atoms with van der Waals surface area (Å²) >= 11 is 6.63. The Morgan fingerprint density at radius 1 is 1.32 bits per heavy atom. The van der Waals surface area contributed by atoms with Crippen LogP contribution in [0.1, 0.15) is 35.1 Å². The molecule has 0 amide bonds. The van der Waals surface area contributed by atoms with Gasteiger partial charge >= 0.3 is 5.97 Å². The Hall–Kier alpha value is -2.40. The van der Waals surface area contributed by atoms with Gasteiger partial charge in [-0.2, -0.15) is 10.3 Å². The molecule has 0 fully saturated rings. The lowest BCUT2D eigenvalue weighted by molar-refractivity contribution is 0.0688. The highest BCUT2D eigenvalue weighted by Crippen LogP contribution is 2.43. The Balaban J connectivity index is 1.98. The van der Waals surface area contributed by atoms with Crippen molar-refractivity contribution in [1.29, 1.82) is 0 Å². The van der Waals surface area contributed by atoms with Gasteiger partial charge in [0.15, 0.2) is 5.69 Å². The van der Waals surface area contributed by atoms with E-state index in [9.17, 15) is 9.90 Å². The average Bonchev–Trinajstić information content (AvgIpc) is 2.99. The number of nitrogens with one attached hydrogen (secondary N) is 1. The fourth-order valence-corrected chi connectivity index (χ4v) is 3.09. The zero-order chi connectivity index (χ0) is 15.7. The van der Waals surface area contributed by atoms with Gasteiger partial charge in [-0.1, -0.05) is 48.1 Å². The summed E-state index contributed by atoms with van der Waals surface area (Å²) in [6.45, 7) is 1.99. The fourth-order valence-electron chi connectivity index (χ4n) is 2.69. The summed E-state index contributed by atoms with van der Waals surface area (Å²) in [4.78, 5) is 10.2. The molecule has 1 unspecified atom stereocenters. The molecule has 0 aliphatic heterocycles. The van der Waals surface area contributed by atoms with Crippen LogP contribution in [0.2, 0.25) is 0 Å². The van der Waals surface area contributed by atoms with Crippen LogP contribution in [0.4, 0.5) is 0 Å². The first-order chi connectivity index (χ1) is 10.5. The van der Waals surface area contributed by atoms with Crippen molar-refractivity contribution >= 4 is 23.1 Å². The van der Waals surface area contributed by atoms with Crippen molar-refractivity contribution in [3.63, 3.8) is 0 Å². The number of carboxylic acids is 1. The minimum atomic E-state index is -1.15. The molecular formula is C16H14ClN3O2. The van der Waals surface area contributed by atoms with E-state index in [2.05, 4.69) is 15.4 Å². The van der Waals surface area contributed by atoms with Crippen molar-refractivity contribution in [3.8, 4) is 0 Å². The summed E-state index contributed by atoms with van der Waals surface area (Å²) < 4.78 is 0. The van der Waals surface area contributed by atoms with Crippen molar-refractivity contribution in [3.05, 3.63) is 65.0 Å². The van der Waals surface area contributed by atoms with Crippen LogP contribution in [-0.4, -0.2) is 26.5 Å². The third-order valence-corrected chi connectivity index (χ3v) is 4.16. The van der Waals surface area contributed by atoms with E-state index < -0.39 is 10.8 Å². The molecule has 0 spiro atoms. The number of aromatic carboxylic acids is 1. The van der Waals surface area contributed by atoms with Gasteiger partial charge in [-0.15, -0.1) is 16.7 Å². The summed E-state index contributed by atoms with van der Waals surface area (Å²) in [5.41, 5.74) is 3.37. The number of hydrogen-bond acceptors (Lipinski definition) is 3. The van der Waals surface area contributed by atoms with Gasteiger partial charge in [0.25, 0.3) is 0 Å². The predicted octanol–water partition coefficient (Wildman–Crippen LogP) is 3.37. The number of halogens is 1. The Bertz CT molecular complexity index is 780. The number of nitrogens with zero attached hydrogens (tertiary/aromatic N) is 2. The standard InChI is InChI=1S/C16H14ClN3O2/c1-10-9-16(17,14-13(15(21)22)18-20-19-14)8-7-12(10)11-5-3-2-4-6-11/h2-8H,9H2,1H3,(H,21,22)(H,18,19,20). The third-order valence-electron chi connectivity index (χ3n) is 3.73. The quantitative estimate of drug-likeness (QED) is 0.851. The lowest BCUT2D eigenvalue weighted by Crippen LogP contribution is -2.23. The van der Waals surface area contributed by atoms with E-state index in [0.717, 1.165) is 16.7 Å². The summed E-state index contributed by atoms with van der Waals surface area (Å²) in [6.07, 6.45) is 4.18. The number of aromatic nitrogens is 3. The highest BCUT2D eigenvalue weighted by atomic mass is 35.5. The topological polar surface area (TPSA) is 78.9 Å². The first kappa shape index (κ1) is 14.5. The number of benzene rings is 1. The fraction of sp³-hybridized carbons (Fsp3) is 0.188. The molecule has 2 aromatic rings. The van der Waals surface area contributed by atoms with Gasteiger partial charge in [-0.05, 0) is 24.5 Å². The maximum atomic E-state index is 11.2. The number of carbonyl (C=O) groups is 1. The molecule has 22 heavy (non-hydrogen) atoms. The molecule has 0 bridgehead atoms. The van der Waals surface area contributed by atoms with Crippen LogP contribution in [0, 0.1) is 0 Å². The molecule has 0 saturated heterocycles. The van der Waals surface area contributed by atoms with Crippen LogP contribution >= 0.6 is 11.6 Å². The van der Waals surface area contributed by atoms with E-state index in [0.29, 0.717) is 6.42 Å². The molecule has 1 heterocycles. The normalized spacial score (nSPS) is 21.2. The summed E-state index contributed by atoms with van der Waals surface area (Å²) in [7, 11) is 0. The van der Waals surface area contributed by atoms with Crippen LogP contribution < -0.4 is 0 Å². The van der Waals surface area contributed by atoms with Gasteiger partial charge in [0.05, 0.1) is 0 Å². The van der Waals surface area contributed by atoms with Crippen LogP contribution in [0.5, 0.6) is 0 Å². The maximum Gasteiger partial charge on any atom is 0.358 e. The van der Waals surface area contributed by atoms with Gasteiger partial charge in [-0.3, -0.25) is 0 Å². The zero-order valence-electron chi connectivity index (χ0n) is 11.9. The number of alkyl halides is 1. The van der Waals surface area contributed by atoms with E-state index in [1.807, 2.05) is 43.3 Å². The van der Waals surface area contributed by atoms with E-state index >= 15 is 0 Å². The molecule has 1 aromatic heterocycles. The molecule has 2 N–H and O–H groups in total. The third kappa shape index (κ3) is 2.44. The number of allylic oxidation sites excluding steroid dienone is 4. The average molecular weight is 316 g/mol. The molecule has 0 saturated carbocycles. The molecule has 112 valence electrons. The minimum Gasteiger partial charge on any atom is -0.476 e. The second-order valence-corrected chi connectivity index (χ2v) is 5.93. The van der Waals surface area contributed by atoms with Crippen LogP contribution in [0.3, 0.4) is 0 Å². The Labute approximate surface area is 132 Å². The lowest BCUT2D eigenvalue weighted by Gasteiger charge is -2.27. The number of carboxylic acid groups (broad SMARTS) is 1. The van der Waals surface area contributed by atoms with Crippen molar-refractivity contribution in [1.82, 2.24) is 15.4 Å². The highest BCUT2D eigenvalue weighted by Gasteiger charge is 2.37. The predicted molar refractivity (Wildman–Crippen MR) is 83.7 cm³/mol. The molecule has 3 rings (SSSR count). The minimum absolute atomic E-state index is 0.143. The number of hydrogen-bond donors (Lipinski definition) is 2. The first-order valence-corrected chi connectivity index (χ1v) is 7.17. The molecular weight excluding hydrogens is 302 g/mol. The van der Waals surface area contributed by atoms with Gasteiger partial charge in [0.2, 0.25) is 0 Å². The van der Waals surface area contributed by atoms with Crippen molar-refractivity contribution in [2.24, 2.45) is 0 Å². The first-order valence-electron chi connectivity index (χ1n) is 6.79. The molecule has 1 aromatic carbocycles.